The summed E-state index contributed by atoms with van der Waals surface area (Å²) in [6.45, 7) is 2.57. The molecule has 1 saturated heterocycles. The average Bonchev–Trinajstić information content (AvgIpc) is 2.86. The lowest BCUT2D eigenvalue weighted by molar-refractivity contribution is 0.550. The van der Waals surface area contributed by atoms with E-state index in [1.165, 1.54) is 12.5 Å². The molecule has 5 nitrogen and oxygen atoms in total. The van der Waals surface area contributed by atoms with Gasteiger partial charge in [-0.3, -0.25) is 0 Å². The van der Waals surface area contributed by atoms with Crippen molar-refractivity contribution in [3.8, 4) is 0 Å². The van der Waals surface area contributed by atoms with Crippen molar-refractivity contribution in [3.63, 3.8) is 0 Å². The van der Waals surface area contributed by atoms with Crippen LogP contribution in [0.2, 0.25) is 0 Å². The molecule has 1 aliphatic rings. The Hall–Kier alpha value is -0.530. The van der Waals surface area contributed by atoms with E-state index < -0.39 is 10.0 Å². The Morgan fingerprint density at radius 1 is 1.69 bits per heavy atom. The normalized spacial score (nSPS) is 26.1. The number of thioether (sulfide) groups is 1. The third kappa shape index (κ3) is 2.58. The topological polar surface area (TPSA) is 74.8 Å². The molecule has 1 unspecified atom stereocenters. The van der Waals surface area contributed by atoms with Gasteiger partial charge in [0.15, 0.2) is 5.03 Å². The number of rotatable bonds is 4. The van der Waals surface area contributed by atoms with Crippen LogP contribution in [0.25, 0.3) is 0 Å². The maximum absolute atomic E-state index is 11.8. The molecule has 0 bridgehead atoms. The molecule has 0 spiro atoms. The van der Waals surface area contributed by atoms with E-state index in [0.29, 0.717) is 6.54 Å². The predicted molar refractivity (Wildman–Crippen MR) is 63.9 cm³/mol. The van der Waals surface area contributed by atoms with Crippen LogP contribution in [0, 0.1) is 0 Å². The van der Waals surface area contributed by atoms with Crippen LogP contribution in [0.5, 0.6) is 0 Å². The van der Waals surface area contributed by atoms with Gasteiger partial charge in [0, 0.05) is 11.3 Å². The fraction of sp³-hybridized carbons (Fsp3) is 0.667. The van der Waals surface area contributed by atoms with Gasteiger partial charge in [-0.25, -0.2) is 18.1 Å². The van der Waals surface area contributed by atoms with Gasteiger partial charge in [-0.2, -0.15) is 11.8 Å². The Bertz CT molecular complexity index is 435. The molecule has 1 fully saturated rings. The molecular formula is C9H15N3O2S2. The molecule has 7 heteroatoms. The summed E-state index contributed by atoms with van der Waals surface area (Å²) in [5.74, 6) is 1.11. The molecular weight excluding hydrogens is 246 g/mol. The van der Waals surface area contributed by atoms with Crippen LogP contribution in [0.1, 0.15) is 19.8 Å². The Kier molecular flexibility index (Phi) is 3.27. The monoisotopic (exact) mass is 261 g/mol. The van der Waals surface area contributed by atoms with E-state index in [1.54, 1.807) is 0 Å². The maximum Gasteiger partial charge on any atom is 0.257 e. The van der Waals surface area contributed by atoms with Gasteiger partial charge >= 0.3 is 0 Å². The van der Waals surface area contributed by atoms with Gasteiger partial charge in [0.25, 0.3) is 10.0 Å². The van der Waals surface area contributed by atoms with E-state index in [1.807, 2.05) is 11.8 Å². The van der Waals surface area contributed by atoms with Gasteiger partial charge in [-0.1, -0.05) is 0 Å². The van der Waals surface area contributed by atoms with Crippen molar-refractivity contribution in [2.24, 2.45) is 0 Å². The molecule has 16 heavy (non-hydrogen) atoms. The first-order valence-electron chi connectivity index (χ1n) is 5.14. The summed E-state index contributed by atoms with van der Waals surface area (Å²) < 4.78 is 26.3. The van der Waals surface area contributed by atoms with Crippen LogP contribution in [-0.4, -0.2) is 35.4 Å². The van der Waals surface area contributed by atoms with Crippen LogP contribution in [-0.2, 0) is 10.0 Å². The lowest BCUT2D eigenvalue weighted by Crippen LogP contribution is -2.36. The molecule has 1 aromatic rings. The highest BCUT2D eigenvalue weighted by molar-refractivity contribution is 8.01. The number of H-pyrrole nitrogens is 1. The van der Waals surface area contributed by atoms with Gasteiger partial charge in [0.2, 0.25) is 0 Å². The highest BCUT2D eigenvalue weighted by atomic mass is 32.2. The van der Waals surface area contributed by atoms with Crippen LogP contribution in [0.4, 0.5) is 0 Å². The summed E-state index contributed by atoms with van der Waals surface area (Å²) in [6, 6.07) is 0. The molecule has 1 atom stereocenters. The second-order valence-electron chi connectivity index (χ2n) is 4.14. The standard InChI is InChI=1S/C9H15N3O2S2/c1-9(3-2-4-15-9)6-12-16(13,14)8-5-10-7-11-8/h5,7,12H,2-4,6H2,1H3,(H,10,11). The second-order valence-corrected chi connectivity index (χ2v) is 7.56. The quantitative estimate of drug-likeness (QED) is 0.847. The highest BCUT2D eigenvalue weighted by Crippen LogP contribution is 2.37. The number of hydrogen-bond donors (Lipinski definition) is 2. The third-order valence-electron chi connectivity index (χ3n) is 2.70. The molecule has 0 radical (unpaired) electrons. The lowest BCUT2D eigenvalue weighted by atomic mass is 10.1. The van der Waals surface area contributed by atoms with E-state index in [9.17, 15) is 8.42 Å². The van der Waals surface area contributed by atoms with Crippen molar-refractivity contribution in [2.45, 2.75) is 29.5 Å². The van der Waals surface area contributed by atoms with E-state index in [0.717, 1.165) is 18.6 Å². The van der Waals surface area contributed by atoms with Gasteiger partial charge in [-0.15, -0.1) is 0 Å². The molecule has 1 aliphatic heterocycles. The van der Waals surface area contributed by atoms with Crippen molar-refractivity contribution in [1.82, 2.24) is 14.7 Å². The summed E-state index contributed by atoms with van der Waals surface area (Å²) >= 11 is 1.83. The van der Waals surface area contributed by atoms with Crippen LogP contribution in [0.15, 0.2) is 17.6 Å². The van der Waals surface area contributed by atoms with Crippen LogP contribution >= 0.6 is 11.8 Å². The third-order valence-corrected chi connectivity index (χ3v) is 5.56. The summed E-state index contributed by atoms with van der Waals surface area (Å²) in [4.78, 5) is 6.30. The molecule has 2 N–H and O–H groups in total. The fourth-order valence-electron chi connectivity index (χ4n) is 1.69. The van der Waals surface area contributed by atoms with Crippen molar-refractivity contribution < 1.29 is 8.42 Å². The summed E-state index contributed by atoms with van der Waals surface area (Å²) in [6.07, 6.45) is 4.89. The lowest BCUT2D eigenvalue weighted by Gasteiger charge is -2.22. The second kappa shape index (κ2) is 4.38. The molecule has 90 valence electrons. The minimum absolute atomic E-state index is 0.0348. The fourth-order valence-corrected chi connectivity index (χ4v) is 4.10. The van der Waals surface area contributed by atoms with Gasteiger partial charge in [0.05, 0.1) is 12.5 Å². The van der Waals surface area contributed by atoms with E-state index in [-0.39, 0.29) is 9.77 Å². The van der Waals surface area contributed by atoms with Crippen molar-refractivity contribution in [1.29, 1.82) is 0 Å². The summed E-state index contributed by atoms with van der Waals surface area (Å²) in [7, 11) is -3.42. The van der Waals surface area contributed by atoms with E-state index in [4.69, 9.17) is 0 Å². The highest BCUT2D eigenvalue weighted by Gasteiger charge is 2.31. The van der Waals surface area contributed by atoms with Crippen molar-refractivity contribution in [2.75, 3.05) is 12.3 Å². The van der Waals surface area contributed by atoms with Gasteiger partial charge in [-0.05, 0) is 25.5 Å². The minimum Gasteiger partial charge on any atom is -0.335 e. The number of aromatic nitrogens is 2. The zero-order chi connectivity index (χ0) is 11.6. The zero-order valence-corrected chi connectivity index (χ0v) is 10.7. The first-order chi connectivity index (χ1) is 7.52. The average molecular weight is 261 g/mol. The number of nitrogens with zero attached hydrogens (tertiary/aromatic N) is 1. The van der Waals surface area contributed by atoms with Crippen molar-refractivity contribution >= 4 is 21.8 Å². The molecule has 2 rings (SSSR count). The summed E-state index contributed by atoms with van der Waals surface area (Å²) in [5, 5.41) is 0.124. The molecule has 0 aromatic carbocycles. The van der Waals surface area contributed by atoms with Gasteiger partial charge < -0.3 is 4.98 Å². The molecule has 0 amide bonds. The van der Waals surface area contributed by atoms with E-state index >= 15 is 0 Å². The van der Waals surface area contributed by atoms with Crippen LogP contribution < -0.4 is 4.72 Å². The Labute approximate surface area is 99.5 Å². The van der Waals surface area contributed by atoms with Crippen molar-refractivity contribution in [3.05, 3.63) is 12.5 Å². The number of imidazole rings is 1. The largest absolute Gasteiger partial charge is 0.335 e. The smallest absolute Gasteiger partial charge is 0.257 e. The summed E-state index contributed by atoms with van der Waals surface area (Å²) in [5.41, 5.74) is 0. The Morgan fingerprint density at radius 2 is 2.50 bits per heavy atom. The molecule has 0 saturated carbocycles. The first kappa shape index (κ1) is 11.9. The van der Waals surface area contributed by atoms with Gasteiger partial charge in [0.1, 0.15) is 0 Å². The number of nitrogens with one attached hydrogen (secondary N) is 2. The number of sulfonamides is 1. The maximum atomic E-state index is 11.8. The molecule has 0 aliphatic carbocycles. The molecule has 1 aromatic heterocycles. The number of hydrogen-bond acceptors (Lipinski definition) is 4. The van der Waals surface area contributed by atoms with Crippen LogP contribution in [0.3, 0.4) is 0 Å². The zero-order valence-electron chi connectivity index (χ0n) is 9.06. The Balaban J connectivity index is 2.00. The molecule has 2 heterocycles. The SMILES string of the molecule is CC1(CNS(=O)(=O)c2cnc[nH]2)CCCS1. The predicted octanol–water partition coefficient (Wildman–Crippen LogP) is 0.974. The first-order valence-corrected chi connectivity index (χ1v) is 7.61. The van der Waals surface area contributed by atoms with E-state index in [2.05, 4.69) is 21.6 Å². The minimum atomic E-state index is -3.42. The Morgan fingerprint density at radius 3 is 3.06 bits per heavy atom. The number of aromatic amines is 1.